The molecule has 0 saturated carbocycles. The Balaban J connectivity index is 1.86. The fraction of sp³-hybridized carbons (Fsp3) is 0.0476. The van der Waals surface area contributed by atoms with E-state index in [4.69, 9.17) is 5.26 Å². The minimum absolute atomic E-state index is 0.0386. The first-order valence-corrected chi connectivity index (χ1v) is 10.5. The summed E-state index contributed by atoms with van der Waals surface area (Å²) in [6.45, 7) is 1.70. The number of benzene rings is 3. The molecule has 0 radical (unpaired) electrons. The first-order chi connectivity index (χ1) is 14.8. The molecule has 0 spiro atoms. The Kier molecular flexibility index (Phi) is 6.28. The van der Waals surface area contributed by atoms with Gasteiger partial charge >= 0.3 is 0 Å². The van der Waals surface area contributed by atoms with E-state index in [1.54, 1.807) is 61.5 Å². The molecule has 31 heavy (non-hydrogen) atoms. The predicted molar refractivity (Wildman–Crippen MR) is 117 cm³/mol. The van der Waals surface area contributed by atoms with Crippen molar-refractivity contribution in [1.29, 1.82) is 5.26 Å². The molecular formula is C21H17N5O4S. The summed E-state index contributed by atoms with van der Waals surface area (Å²) in [5, 5.41) is 24.5. The molecule has 3 aromatic carbocycles. The van der Waals surface area contributed by atoms with Crippen LogP contribution in [0.5, 0.6) is 0 Å². The maximum atomic E-state index is 12.6. The van der Waals surface area contributed by atoms with Crippen molar-refractivity contribution in [3.05, 3.63) is 94.0 Å². The molecule has 10 heteroatoms. The van der Waals surface area contributed by atoms with Gasteiger partial charge in [0, 0.05) is 11.8 Å². The summed E-state index contributed by atoms with van der Waals surface area (Å²) in [5.74, 6) is 0. The summed E-state index contributed by atoms with van der Waals surface area (Å²) in [6, 6.07) is 20.4. The van der Waals surface area contributed by atoms with E-state index in [1.807, 2.05) is 6.07 Å². The number of nitrogens with one attached hydrogen (secondary N) is 2. The smallest absolute Gasteiger partial charge is 0.280 e. The highest BCUT2D eigenvalue weighted by Crippen LogP contribution is 2.28. The molecule has 0 atom stereocenters. The zero-order valence-electron chi connectivity index (χ0n) is 16.3. The second-order valence-corrected chi connectivity index (χ2v) is 8.09. The van der Waals surface area contributed by atoms with E-state index >= 15 is 0 Å². The molecule has 0 aliphatic heterocycles. The lowest BCUT2D eigenvalue weighted by Crippen LogP contribution is -2.13. The number of nitrogens with zero attached hydrogens (tertiary/aromatic N) is 3. The second-order valence-electron chi connectivity index (χ2n) is 6.41. The van der Waals surface area contributed by atoms with E-state index in [0.29, 0.717) is 17.0 Å². The van der Waals surface area contributed by atoms with Crippen LogP contribution in [0.3, 0.4) is 0 Å². The Morgan fingerprint density at radius 3 is 2.35 bits per heavy atom. The molecule has 3 rings (SSSR count). The molecule has 0 aliphatic rings. The van der Waals surface area contributed by atoms with Gasteiger partial charge in [0.15, 0.2) is 0 Å². The molecular weight excluding hydrogens is 418 g/mol. The maximum absolute atomic E-state index is 12.6. The quantitative estimate of drug-likeness (QED) is 0.325. The van der Waals surface area contributed by atoms with E-state index in [2.05, 4.69) is 15.2 Å². The number of sulfonamides is 1. The van der Waals surface area contributed by atoms with E-state index in [9.17, 15) is 18.5 Å². The fourth-order valence-electron chi connectivity index (χ4n) is 2.64. The van der Waals surface area contributed by atoms with Crippen LogP contribution in [0.4, 0.5) is 17.1 Å². The van der Waals surface area contributed by atoms with Gasteiger partial charge in [0.25, 0.3) is 15.7 Å². The van der Waals surface area contributed by atoms with Gasteiger partial charge in [0.1, 0.15) is 5.69 Å². The highest BCUT2D eigenvalue weighted by Gasteiger charge is 2.21. The number of nitriles is 1. The minimum Gasteiger partial charge on any atom is -0.280 e. The highest BCUT2D eigenvalue weighted by molar-refractivity contribution is 7.92. The predicted octanol–water partition coefficient (Wildman–Crippen LogP) is 4.10. The Hall–Kier alpha value is -4.23. The number of anilines is 2. The first kappa shape index (κ1) is 21.5. The van der Waals surface area contributed by atoms with Gasteiger partial charge < -0.3 is 0 Å². The Bertz CT molecular complexity index is 1280. The molecule has 3 aromatic rings. The third-order valence-electron chi connectivity index (χ3n) is 4.28. The van der Waals surface area contributed by atoms with Crippen LogP contribution in [0.15, 0.2) is 82.8 Å². The normalized spacial score (nSPS) is 11.4. The van der Waals surface area contributed by atoms with Crippen LogP contribution in [-0.4, -0.2) is 19.1 Å². The van der Waals surface area contributed by atoms with Gasteiger partial charge in [0.05, 0.1) is 27.2 Å². The lowest BCUT2D eigenvalue weighted by Gasteiger charge is -2.10. The second kappa shape index (κ2) is 9.06. The molecule has 0 amide bonds. The van der Waals surface area contributed by atoms with Gasteiger partial charge in [-0.3, -0.25) is 20.3 Å². The third kappa shape index (κ3) is 5.23. The summed E-state index contributed by atoms with van der Waals surface area (Å²) < 4.78 is 27.6. The molecule has 0 bridgehead atoms. The monoisotopic (exact) mass is 435 g/mol. The summed E-state index contributed by atoms with van der Waals surface area (Å²) in [5.41, 5.74) is 4.31. The van der Waals surface area contributed by atoms with Crippen LogP contribution < -0.4 is 10.1 Å². The molecule has 0 heterocycles. The summed E-state index contributed by atoms with van der Waals surface area (Å²) in [7, 11) is -4.01. The van der Waals surface area contributed by atoms with E-state index in [-0.39, 0.29) is 10.6 Å². The number of hydrogen-bond acceptors (Lipinski definition) is 7. The van der Waals surface area contributed by atoms with Crippen LogP contribution in [0.1, 0.15) is 18.1 Å². The van der Waals surface area contributed by atoms with E-state index in [0.717, 1.165) is 11.6 Å². The van der Waals surface area contributed by atoms with Crippen LogP contribution in [0.2, 0.25) is 0 Å². The fourth-order valence-corrected chi connectivity index (χ4v) is 3.72. The molecule has 0 aliphatic carbocycles. The van der Waals surface area contributed by atoms with E-state index < -0.39 is 20.6 Å². The number of hydrogen-bond donors (Lipinski definition) is 2. The lowest BCUT2D eigenvalue weighted by atomic mass is 10.1. The average Bonchev–Trinajstić information content (AvgIpc) is 2.77. The van der Waals surface area contributed by atoms with Gasteiger partial charge in [-0.15, -0.1) is 0 Å². The number of nitro benzene ring substituents is 1. The molecule has 9 nitrogen and oxygen atoms in total. The SMILES string of the molecule is C/C(=N\Nc1ccc(S(=O)(=O)Nc2ccccc2)cc1[N+](=O)[O-])c1ccc(C#N)cc1. The number of hydrazone groups is 1. The van der Waals surface area contributed by atoms with Gasteiger partial charge in [-0.25, -0.2) is 8.42 Å². The highest BCUT2D eigenvalue weighted by atomic mass is 32.2. The standard InChI is InChI=1S/C21H17N5O4S/c1-15(17-9-7-16(14-22)8-10-17)23-24-20-12-11-19(13-21(20)26(27)28)31(29,30)25-18-5-3-2-4-6-18/h2-13,24-25H,1H3/b23-15+. The van der Waals surface area contributed by atoms with E-state index in [1.165, 1.54) is 12.1 Å². The largest absolute Gasteiger partial charge is 0.295 e. The van der Waals surface area contributed by atoms with Crippen molar-refractivity contribution in [2.45, 2.75) is 11.8 Å². The zero-order valence-corrected chi connectivity index (χ0v) is 17.1. The van der Waals surface area contributed by atoms with Gasteiger partial charge in [-0.2, -0.15) is 10.4 Å². The van der Waals surface area contributed by atoms with Crippen molar-refractivity contribution < 1.29 is 13.3 Å². The van der Waals surface area contributed by atoms with Crippen LogP contribution in [0, 0.1) is 21.4 Å². The molecule has 156 valence electrons. The zero-order chi connectivity index (χ0) is 22.4. The van der Waals surface area contributed by atoms with Crippen molar-refractivity contribution in [1.82, 2.24) is 0 Å². The molecule has 0 saturated heterocycles. The molecule has 2 N–H and O–H groups in total. The van der Waals surface area contributed by atoms with Crippen molar-refractivity contribution >= 4 is 32.8 Å². The number of para-hydroxylation sites is 1. The van der Waals surface area contributed by atoms with Crippen molar-refractivity contribution in [2.24, 2.45) is 5.10 Å². The Labute approximate surface area is 178 Å². The Morgan fingerprint density at radius 1 is 1.06 bits per heavy atom. The number of nitro groups is 1. The first-order valence-electron chi connectivity index (χ1n) is 8.97. The van der Waals surface area contributed by atoms with Crippen molar-refractivity contribution in [3.8, 4) is 6.07 Å². The summed E-state index contributed by atoms with van der Waals surface area (Å²) in [6.07, 6.45) is 0. The van der Waals surface area contributed by atoms with Gasteiger partial charge in [-0.05, 0) is 48.9 Å². The Morgan fingerprint density at radius 2 is 1.74 bits per heavy atom. The summed E-state index contributed by atoms with van der Waals surface area (Å²) in [4.78, 5) is 10.6. The molecule has 0 fully saturated rings. The van der Waals surface area contributed by atoms with Crippen LogP contribution in [-0.2, 0) is 10.0 Å². The van der Waals surface area contributed by atoms with Crippen LogP contribution in [0.25, 0.3) is 0 Å². The molecule has 0 unspecified atom stereocenters. The molecule has 0 aromatic heterocycles. The topological polar surface area (TPSA) is 137 Å². The maximum Gasteiger partial charge on any atom is 0.295 e. The average molecular weight is 435 g/mol. The lowest BCUT2D eigenvalue weighted by molar-refractivity contribution is -0.384. The van der Waals surface area contributed by atoms with Crippen LogP contribution >= 0.6 is 0 Å². The van der Waals surface area contributed by atoms with Crippen molar-refractivity contribution in [3.63, 3.8) is 0 Å². The van der Waals surface area contributed by atoms with Gasteiger partial charge in [0.2, 0.25) is 0 Å². The van der Waals surface area contributed by atoms with Crippen molar-refractivity contribution in [2.75, 3.05) is 10.1 Å². The summed E-state index contributed by atoms with van der Waals surface area (Å²) >= 11 is 0. The third-order valence-corrected chi connectivity index (χ3v) is 5.66. The minimum atomic E-state index is -4.01. The number of rotatable bonds is 7. The van der Waals surface area contributed by atoms with Gasteiger partial charge in [-0.1, -0.05) is 30.3 Å².